The summed E-state index contributed by atoms with van der Waals surface area (Å²) in [7, 11) is 0. The van der Waals surface area contributed by atoms with Crippen molar-refractivity contribution >= 4 is 34.4 Å². The second-order valence-corrected chi connectivity index (χ2v) is 5.92. The summed E-state index contributed by atoms with van der Waals surface area (Å²) in [5.74, 6) is 0. The molecule has 9 heteroatoms. The summed E-state index contributed by atoms with van der Waals surface area (Å²) >= 11 is 7.31. The molecule has 3 rings (SSSR count). The summed E-state index contributed by atoms with van der Waals surface area (Å²) in [5.41, 5.74) is -1.15. The number of benzene rings is 1. The van der Waals surface area contributed by atoms with Gasteiger partial charge in [-0.3, -0.25) is 9.36 Å². The number of hydrogen-bond acceptors (Lipinski definition) is 4. The summed E-state index contributed by atoms with van der Waals surface area (Å²) in [6, 6.07) is 7.15. The van der Waals surface area contributed by atoms with Crippen LogP contribution in [-0.4, -0.2) is 20.8 Å². The predicted molar refractivity (Wildman–Crippen MR) is 86.9 cm³/mol. The first kappa shape index (κ1) is 16.8. The van der Waals surface area contributed by atoms with Crippen LogP contribution in [-0.2, 0) is 6.18 Å². The average molecular weight is 372 g/mol. The minimum atomic E-state index is -4.51. The van der Waals surface area contributed by atoms with E-state index < -0.39 is 17.3 Å². The quantitative estimate of drug-likeness (QED) is 0.385. The zero-order valence-corrected chi connectivity index (χ0v) is 13.7. The Kier molecular flexibility index (Phi) is 4.27. The molecular weight excluding hydrogens is 363 g/mol. The molecule has 0 saturated carbocycles. The van der Waals surface area contributed by atoms with Crippen molar-refractivity contribution in [2.75, 3.05) is 6.26 Å². The van der Waals surface area contributed by atoms with Gasteiger partial charge in [-0.05, 0) is 30.5 Å². The van der Waals surface area contributed by atoms with Crippen LogP contribution in [0, 0.1) is 0 Å². The van der Waals surface area contributed by atoms with Crippen molar-refractivity contribution in [1.29, 1.82) is 0 Å². The maximum atomic E-state index is 12.9. The van der Waals surface area contributed by atoms with Gasteiger partial charge in [-0.25, -0.2) is 9.97 Å². The summed E-state index contributed by atoms with van der Waals surface area (Å²) in [6.45, 7) is 0. The fourth-order valence-electron chi connectivity index (χ4n) is 2.22. The molecule has 0 aliphatic heterocycles. The molecule has 1 aromatic carbocycles. The number of hydrogen-bond donors (Lipinski definition) is 0. The lowest BCUT2D eigenvalue weighted by Crippen LogP contribution is -2.19. The van der Waals surface area contributed by atoms with Crippen LogP contribution < -0.4 is 5.56 Å². The Balaban J connectivity index is 2.36. The molecule has 0 bridgehead atoms. The molecule has 0 aliphatic carbocycles. The second-order valence-electron chi connectivity index (χ2n) is 4.79. The van der Waals surface area contributed by atoms with Gasteiger partial charge in [0, 0.05) is 6.07 Å². The van der Waals surface area contributed by atoms with Gasteiger partial charge in [0.05, 0.1) is 16.6 Å². The number of alkyl halides is 3. The molecule has 0 radical (unpaired) electrons. The van der Waals surface area contributed by atoms with Gasteiger partial charge in [0.25, 0.3) is 5.56 Å². The number of nitrogens with zero attached hydrogens (tertiary/aromatic N) is 3. The van der Waals surface area contributed by atoms with Crippen LogP contribution >= 0.6 is 23.4 Å². The van der Waals surface area contributed by atoms with Crippen molar-refractivity contribution in [2.24, 2.45) is 0 Å². The molecule has 0 atom stereocenters. The molecule has 124 valence electrons. The van der Waals surface area contributed by atoms with Gasteiger partial charge in [-0.1, -0.05) is 29.4 Å². The highest BCUT2D eigenvalue weighted by atomic mass is 35.5. The molecule has 0 N–H and O–H groups in total. The molecule has 0 saturated heterocycles. The minimum absolute atomic E-state index is 0.0576. The Labute approximate surface area is 143 Å². The fourth-order valence-corrected chi connectivity index (χ4v) is 2.86. The number of thioether (sulfide) groups is 1. The van der Waals surface area contributed by atoms with E-state index >= 15 is 0 Å². The molecule has 24 heavy (non-hydrogen) atoms. The van der Waals surface area contributed by atoms with E-state index in [9.17, 15) is 18.0 Å². The van der Waals surface area contributed by atoms with Gasteiger partial charge in [-0.15, -0.1) is 0 Å². The van der Waals surface area contributed by atoms with Crippen LogP contribution in [0.2, 0.25) is 5.15 Å². The van der Waals surface area contributed by atoms with Crippen molar-refractivity contribution in [3.8, 4) is 5.69 Å². The van der Waals surface area contributed by atoms with Crippen LogP contribution in [0.3, 0.4) is 0 Å². The van der Waals surface area contributed by atoms with Crippen LogP contribution in [0.25, 0.3) is 16.7 Å². The van der Waals surface area contributed by atoms with Crippen LogP contribution in [0.5, 0.6) is 0 Å². The molecule has 2 aromatic heterocycles. The highest BCUT2D eigenvalue weighted by Crippen LogP contribution is 2.31. The lowest BCUT2D eigenvalue weighted by molar-refractivity contribution is -0.137. The monoisotopic (exact) mass is 371 g/mol. The fraction of sp³-hybridized carbons (Fsp3) is 0.133. The number of rotatable bonds is 2. The third-order valence-corrected chi connectivity index (χ3v) is 4.13. The Morgan fingerprint density at radius 3 is 2.58 bits per heavy atom. The Hall–Kier alpha value is -2.06. The lowest BCUT2D eigenvalue weighted by atomic mass is 10.2. The molecule has 2 heterocycles. The lowest BCUT2D eigenvalue weighted by Gasteiger charge is -2.13. The minimum Gasteiger partial charge on any atom is -0.269 e. The molecule has 3 aromatic rings. The highest BCUT2D eigenvalue weighted by molar-refractivity contribution is 7.98. The van der Waals surface area contributed by atoms with Gasteiger partial charge in [0.1, 0.15) is 5.15 Å². The maximum Gasteiger partial charge on any atom is 0.416 e. The van der Waals surface area contributed by atoms with Gasteiger partial charge in [-0.2, -0.15) is 13.2 Å². The first-order valence-corrected chi connectivity index (χ1v) is 8.22. The first-order chi connectivity index (χ1) is 11.3. The molecule has 0 amide bonds. The third-order valence-electron chi connectivity index (χ3n) is 3.30. The van der Waals surface area contributed by atoms with E-state index in [1.165, 1.54) is 36.0 Å². The summed E-state index contributed by atoms with van der Waals surface area (Å²) in [6.07, 6.45) is -2.78. The van der Waals surface area contributed by atoms with E-state index in [-0.39, 0.29) is 16.5 Å². The van der Waals surface area contributed by atoms with Gasteiger partial charge in [0.2, 0.25) is 0 Å². The number of pyridine rings is 1. The Bertz CT molecular complexity index is 988. The van der Waals surface area contributed by atoms with Gasteiger partial charge >= 0.3 is 6.18 Å². The van der Waals surface area contributed by atoms with Gasteiger partial charge in [0.15, 0.2) is 10.8 Å². The van der Waals surface area contributed by atoms with E-state index in [0.29, 0.717) is 10.5 Å². The molecular formula is C15H9ClF3N3OS. The zero-order valence-electron chi connectivity index (χ0n) is 12.1. The summed E-state index contributed by atoms with van der Waals surface area (Å²) in [5, 5.41) is 0.829. The van der Waals surface area contributed by atoms with E-state index in [4.69, 9.17) is 11.6 Å². The van der Waals surface area contributed by atoms with Crippen molar-refractivity contribution in [3.63, 3.8) is 0 Å². The maximum absolute atomic E-state index is 12.9. The van der Waals surface area contributed by atoms with Crippen molar-refractivity contribution in [2.45, 2.75) is 11.3 Å². The van der Waals surface area contributed by atoms with Gasteiger partial charge < -0.3 is 0 Å². The van der Waals surface area contributed by atoms with Crippen LogP contribution in [0.15, 0.2) is 46.3 Å². The molecule has 0 unspecified atom stereocenters. The topological polar surface area (TPSA) is 47.8 Å². The number of halogens is 4. The van der Waals surface area contributed by atoms with Crippen molar-refractivity contribution in [3.05, 3.63) is 57.5 Å². The predicted octanol–water partition coefficient (Wildman–Crippen LogP) is 4.17. The molecule has 0 aliphatic rings. The Morgan fingerprint density at radius 1 is 1.17 bits per heavy atom. The third kappa shape index (κ3) is 2.99. The van der Waals surface area contributed by atoms with E-state index in [0.717, 1.165) is 16.7 Å². The number of aromatic nitrogens is 3. The highest BCUT2D eigenvalue weighted by Gasteiger charge is 2.30. The summed E-state index contributed by atoms with van der Waals surface area (Å²) in [4.78, 5) is 20.6. The van der Waals surface area contributed by atoms with E-state index in [1.807, 2.05) is 0 Å². The van der Waals surface area contributed by atoms with Crippen LogP contribution in [0.4, 0.5) is 13.2 Å². The molecule has 0 fully saturated rings. The second kappa shape index (κ2) is 6.10. The molecule has 4 nitrogen and oxygen atoms in total. The standard InChI is InChI=1S/C15H9ClF3N3OS/c1-24-14-20-12(16)10-5-6-11(23)22(13(10)21-14)9-4-2-3-8(7-9)15(17,18)19/h2-7H,1H3. The zero-order chi connectivity index (χ0) is 17.5. The number of fused-ring (bicyclic) bond motifs is 1. The smallest absolute Gasteiger partial charge is 0.269 e. The summed E-state index contributed by atoms with van der Waals surface area (Å²) < 4.78 is 39.9. The largest absolute Gasteiger partial charge is 0.416 e. The van der Waals surface area contributed by atoms with E-state index in [1.54, 1.807) is 6.26 Å². The van der Waals surface area contributed by atoms with E-state index in [2.05, 4.69) is 9.97 Å². The first-order valence-electron chi connectivity index (χ1n) is 6.62. The van der Waals surface area contributed by atoms with Crippen molar-refractivity contribution < 1.29 is 13.2 Å². The normalized spacial score (nSPS) is 11.9. The average Bonchev–Trinajstić information content (AvgIpc) is 2.53. The van der Waals surface area contributed by atoms with Crippen LogP contribution in [0.1, 0.15) is 5.56 Å². The Morgan fingerprint density at radius 2 is 1.92 bits per heavy atom. The van der Waals surface area contributed by atoms with Crippen molar-refractivity contribution in [1.82, 2.24) is 14.5 Å². The SMILES string of the molecule is CSc1nc(Cl)c2ccc(=O)n(-c3cccc(C(F)(F)F)c3)c2n1. The molecule has 0 spiro atoms.